The van der Waals surface area contributed by atoms with E-state index in [1.165, 1.54) is 6.07 Å². The highest BCUT2D eigenvalue weighted by Gasteiger charge is 2.39. The maximum Gasteiger partial charge on any atom is 0.283 e. The number of aryl methyl sites for hydroxylation is 1. The Kier molecular flexibility index (Phi) is 8.24. The molecule has 0 saturated heterocycles. The largest absolute Gasteiger partial charge is 0.493 e. The Morgan fingerprint density at radius 2 is 1.68 bits per heavy atom. The van der Waals surface area contributed by atoms with E-state index in [0.717, 1.165) is 16.0 Å². The summed E-state index contributed by atoms with van der Waals surface area (Å²) in [5, 5.41) is 5.97. The SMILES string of the molecule is COc1ccc(CCNC(=O)c2ccc(C)c(NC3=C(Cl)C(=O)N(c4cccc(Cl)c4)C3=O)c2)cc1OC. The van der Waals surface area contributed by atoms with Crippen LogP contribution in [0.4, 0.5) is 11.4 Å². The van der Waals surface area contributed by atoms with Crippen molar-refractivity contribution >= 4 is 52.3 Å². The zero-order valence-electron chi connectivity index (χ0n) is 20.9. The molecule has 196 valence electrons. The minimum Gasteiger partial charge on any atom is -0.493 e. The van der Waals surface area contributed by atoms with E-state index in [9.17, 15) is 14.4 Å². The highest BCUT2D eigenvalue weighted by molar-refractivity contribution is 6.53. The molecule has 0 radical (unpaired) electrons. The number of methoxy groups -OCH3 is 2. The molecule has 0 bridgehead atoms. The van der Waals surface area contributed by atoms with Crippen molar-refractivity contribution in [3.8, 4) is 11.5 Å². The Balaban J connectivity index is 1.45. The molecule has 0 atom stereocenters. The average Bonchev–Trinajstić information content (AvgIpc) is 3.12. The Labute approximate surface area is 230 Å². The molecule has 0 saturated carbocycles. The molecule has 8 nitrogen and oxygen atoms in total. The Bertz CT molecular complexity index is 1450. The number of halogens is 2. The van der Waals surface area contributed by atoms with Crippen LogP contribution in [0.5, 0.6) is 11.5 Å². The molecule has 0 fully saturated rings. The van der Waals surface area contributed by atoms with Crippen molar-refractivity contribution in [2.45, 2.75) is 13.3 Å². The lowest BCUT2D eigenvalue weighted by molar-refractivity contribution is -0.120. The van der Waals surface area contributed by atoms with E-state index in [2.05, 4.69) is 10.6 Å². The molecule has 3 aromatic rings. The predicted molar refractivity (Wildman–Crippen MR) is 147 cm³/mol. The van der Waals surface area contributed by atoms with E-state index in [-0.39, 0.29) is 16.6 Å². The van der Waals surface area contributed by atoms with Crippen molar-refractivity contribution in [1.82, 2.24) is 5.32 Å². The van der Waals surface area contributed by atoms with Crippen LogP contribution < -0.4 is 25.0 Å². The van der Waals surface area contributed by atoms with E-state index in [4.69, 9.17) is 32.7 Å². The van der Waals surface area contributed by atoms with E-state index >= 15 is 0 Å². The van der Waals surface area contributed by atoms with Gasteiger partial charge in [0.15, 0.2) is 11.5 Å². The van der Waals surface area contributed by atoms with Crippen molar-refractivity contribution in [2.75, 3.05) is 31.0 Å². The number of hydrogen-bond acceptors (Lipinski definition) is 6. The summed E-state index contributed by atoms with van der Waals surface area (Å²) in [6.45, 7) is 2.20. The molecular weight excluding hydrogens is 529 g/mol. The number of carbonyl (C=O) groups excluding carboxylic acids is 3. The number of benzene rings is 3. The number of hydrogen-bond donors (Lipinski definition) is 2. The van der Waals surface area contributed by atoms with Crippen molar-refractivity contribution in [3.05, 3.63) is 93.1 Å². The molecule has 3 aromatic carbocycles. The van der Waals surface area contributed by atoms with Crippen molar-refractivity contribution in [1.29, 1.82) is 0 Å². The fourth-order valence-corrected chi connectivity index (χ4v) is 4.35. The van der Waals surface area contributed by atoms with Gasteiger partial charge in [0.05, 0.1) is 19.9 Å². The number of nitrogens with zero attached hydrogens (tertiary/aromatic N) is 1. The zero-order valence-corrected chi connectivity index (χ0v) is 22.4. The lowest BCUT2D eigenvalue weighted by atomic mass is 10.1. The van der Waals surface area contributed by atoms with Crippen molar-refractivity contribution in [3.63, 3.8) is 0 Å². The van der Waals surface area contributed by atoms with Crippen molar-refractivity contribution < 1.29 is 23.9 Å². The first-order valence-electron chi connectivity index (χ1n) is 11.6. The van der Waals surface area contributed by atoms with Crippen LogP contribution in [0.1, 0.15) is 21.5 Å². The molecule has 3 amide bonds. The van der Waals surface area contributed by atoms with Crippen LogP contribution in [-0.4, -0.2) is 38.5 Å². The summed E-state index contributed by atoms with van der Waals surface area (Å²) in [7, 11) is 3.14. The van der Waals surface area contributed by atoms with Gasteiger partial charge in [-0.3, -0.25) is 14.4 Å². The van der Waals surface area contributed by atoms with Crippen LogP contribution in [0, 0.1) is 6.92 Å². The summed E-state index contributed by atoms with van der Waals surface area (Å²) in [5.74, 6) is -0.321. The molecule has 1 aliphatic rings. The summed E-state index contributed by atoms with van der Waals surface area (Å²) < 4.78 is 10.6. The zero-order chi connectivity index (χ0) is 27.4. The second kappa shape index (κ2) is 11.6. The maximum atomic E-state index is 13.1. The molecule has 1 aliphatic heterocycles. The van der Waals surface area contributed by atoms with Gasteiger partial charge < -0.3 is 20.1 Å². The predicted octanol–water partition coefficient (Wildman–Crippen LogP) is 5.07. The molecule has 1 heterocycles. The van der Waals surface area contributed by atoms with E-state index in [1.807, 2.05) is 25.1 Å². The first-order chi connectivity index (χ1) is 18.2. The third-order valence-corrected chi connectivity index (χ3v) is 6.59. The molecule has 0 aromatic heterocycles. The van der Waals surface area contributed by atoms with Gasteiger partial charge in [0.25, 0.3) is 17.7 Å². The van der Waals surface area contributed by atoms with Gasteiger partial charge in [-0.15, -0.1) is 0 Å². The van der Waals surface area contributed by atoms with E-state index in [0.29, 0.717) is 46.4 Å². The molecular formula is C28H25Cl2N3O5. The van der Waals surface area contributed by atoms with Crippen LogP contribution >= 0.6 is 23.2 Å². The highest BCUT2D eigenvalue weighted by atomic mass is 35.5. The number of rotatable bonds is 9. The van der Waals surface area contributed by atoms with Gasteiger partial charge in [-0.05, 0) is 66.9 Å². The van der Waals surface area contributed by atoms with Crippen molar-refractivity contribution in [2.24, 2.45) is 0 Å². The highest BCUT2D eigenvalue weighted by Crippen LogP contribution is 2.32. The summed E-state index contributed by atoms with van der Waals surface area (Å²) in [6, 6.07) is 17.0. The Morgan fingerprint density at radius 1 is 0.921 bits per heavy atom. The van der Waals surface area contributed by atoms with Gasteiger partial charge in [0.2, 0.25) is 0 Å². The molecule has 2 N–H and O–H groups in total. The number of nitrogens with one attached hydrogen (secondary N) is 2. The Morgan fingerprint density at radius 3 is 2.39 bits per heavy atom. The lowest BCUT2D eigenvalue weighted by Crippen LogP contribution is -2.32. The number of carbonyl (C=O) groups is 3. The molecule has 10 heteroatoms. The summed E-state index contributed by atoms with van der Waals surface area (Å²) in [5.41, 5.74) is 2.81. The fourth-order valence-electron chi connectivity index (χ4n) is 3.95. The van der Waals surface area contributed by atoms with Gasteiger partial charge in [0.1, 0.15) is 10.7 Å². The first kappa shape index (κ1) is 27.0. The minimum absolute atomic E-state index is 0.0780. The monoisotopic (exact) mass is 553 g/mol. The number of imide groups is 1. The normalized spacial score (nSPS) is 13.1. The van der Waals surface area contributed by atoms with Crippen LogP contribution in [0.3, 0.4) is 0 Å². The third kappa shape index (κ3) is 5.61. The molecule has 0 aliphatic carbocycles. The second-order valence-electron chi connectivity index (χ2n) is 8.46. The second-order valence-corrected chi connectivity index (χ2v) is 9.28. The molecule has 0 unspecified atom stereocenters. The summed E-state index contributed by atoms with van der Waals surface area (Å²) in [6.07, 6.45) is 0.585. The van der Waals surface area contributed by atoms with Gasteiger partial charge in [-0.25, -0.2) is 4.90 Å². The van der Waals surface area contributed by atoms with Gasteiger partial charge >= 0.3 is 0 Å². The first-order valence-corrected chi connectivity index (χ1v) is 12.4. The lowest BCUT2D eigenvalue weighted by Gasteiger charge is -2.16. The smallest absolute Gasteiger partial charge is 0.283 e. The van der Waals surface area contributed by atoms with Crippen LogP contribution in [-0.2, 0) is 16.0 Å². The van der Waals surface area contributed by atoms with Crippen LogP contribution in [0.15, 0.2) is 71.4 Å². The maximum absolute atomic E-state index is 13.1. The third-order valence-electron chi connectivity index (χ3n) is 6.00. The van der Waals surface area contributed by atoms with Gasteiger partial charge in [-0.2, -0.15) is 0 Å². The average molecular weight is 554 g/mol. The Hall–Kier alpha value is -4.01. The molecule has 4 rings (SSSR count). The standard InChI is InChI=1S/C28H25Cl2N3O5/c1-16-7-9-18(26(34)31-12-11-17-8-10-22(37-2)23(13-17)38-3)14-21(16)32-25-24(30)27(35)33(28(25)36)20-6-4-5-19(29)15-20/h4-10,13-15,32H,11-12H2,1-3H3,(H,31,34). The topological polar surface area (TPSA) is 97.0 Å². The fraction of sp³-hybridized carbons (Fsp3) is 0.179. The van der Waals surface area contributed by atoms with E-state index in [1.54, 1.807) is 50.6 Å². The summed E-state index contributed by atoms with van der Waals surface area (Å²) >= 11 is 12.3. The molecule has 0 spiro atoms. The van der Waals surface area contributed by atoms with Crippen LogP contribution in [0.2, 0.25) is 5.02 Å². The number of amides is 3. The number of anilines is 2. The van der Waals surface area contributed by atoms with Gasteiger partial charge in [0, 0.05) is 22.8 Å². The summed E-state index contributed by atoms with van der Waals surface area (Å²) in [4.78, 5) is 39.6. The van der Waals surface area contributed by atoms with Crippen LogP contribution in [0.25, 0.3) is 0 Å². The minimum atomic E-state index is -0.664. The number of ether oxygens (including phenoxy) is 2. The quantitative estimate of drug-likeness (QED) is 0.359. The van der Waals surface area contributed by atoms with Gasteiger partial charge in [-0.1, -0.05) is 41.4 Å². The van der Waals surface area contributed by atoms with E-state index < -0.39 is 11.8 Å². The molecule has 38 heavy (non-hydrogen) atoms.